The van der Waals surface area contributed by atoms with Gasteiger partial charge in [-0.3, -0.25) is 14.7 Å². The van der Waals surface area contributed by atoms with Gasteiger partial charge in [-0.05, 0) is 44.1 Å². The predicted octanol–water partition coefficient (Wildman–Crippen LogP) is 4.13. The third-order valence-corrected chi connectivity index (χ3v) is 5.36. The number of likely N-dealkylation sites (tertiary alicyclic amines) is 1. The van der Waals surface area contributed by atoms with E-state index in [4.69, 9.17) is 4.42 Å². The van der Waals surface area contributed by atoms with Gasteiger partial charge < -0.3 is 9.73 Å². The minimum absolute atomic E-state index is 0.128. The molecule has 3 aromatic rings. The minimum atomic E-state index is -0.128. The van der Waals surface area contributed by atoms with Crippen LogP contribution in [0.5, 0.6) is 0 Å². The highest BCUT2D eigenvalue weighted by molar-refractivity contribution is 7.20. The van der Waals surface area contributed by atoms with E-state index in [0.717, 1.165) is 35.6 Å². The van der Waals surface area contributed by atoms with E-state index in [1.54, 1.807) is 18.5 Å². The second-order valence-corrected chi connectivity index (χ2v) is 7.17. The van der Waals surface area contributed by atoms with Crippen LogP contribution in [0.3, 0.4) is 0 Å². The molecule has 0 bridgehead atoms. The van der Waals surface area contributed by atoms with Crippen LogP contribution in [-0.2, 0) is 6.54 Å². The molecular formula is C18H19N3O2S. The number of hydrogen-bond acceptors (Lipinski definition) is 5. The number of carbonyl (C=O) groups excluding carboxylic acids is 1. The lowest BCUT2D eigenvalue weighted by atomic mass is 10.1. The molecule has 1 fully saturated rings. The Morgan fingerprint density at radius 1 is 1.25 bits per heavy atom. The zero-order valence-corrected chi connectivity index (χ0v) is 14.1. The lowest BCUT2D eigenvalue weighted by molar-refractivity contribution is 0.103. The number of aromatic nitrogens is 1. The molecule has 124 valence electrons. The average Bonchev–Trinajstić information content (AvgIpc) is 3.19. The zero-order valence-electron chi connectivity index (χ0n) is 13.3. The van der Waals surface area contributed by atoms with Gasteiger partial charge >= 0.3 is 0 Å². The van der Waals surface area contributed by atoms with Crippen molar-refractivity contribution in [3.63, 3.8) is 0 Å². The lowest BCUT2D eigenvalue weighted by Crippen LogP contribution is -2.29. The molecule has 0 atom stereocenters. The third kappa shape index (κ3) is 3.34. The largest absolute Gasteiger partial charge is 0.463 e. The second kappa shape index (κ2) is 6.75. The Morgan fingerprint density at radius 3 is 2.88 bits per heavy atom. The van der Waals surface area contributed by atoms with Crippen molar-refractivity contribution in [2.75, 3.05) is 18.4 Å². The number of hydrogen-bond donors (Lipinski definition) is 1. The summed E-state index contributed by atoms with van der Waals surface area (Å²) in [7, 11) is 0. The molecule has 5 nitrogen and oxygen atoms in total. The highest BCUT2D eigenvalue weighted by atomic mass is 32.1. The van der Waals surface area contributed by atoms with Gasteiger partial charge in [-0.25, -0.2) is 0 Å². The van der Waals surface area contributed by atoms with Crippen molar-refractivity contribution in [2.24, 2.45) is 0 Å². The van der Waals surface area contributed by atoms with E-state index in [2.05, 4.69) is 15.2 Å². The molecule has 4 rings (SSSR count). The summed E-state index contributed by atoms with van der Waals surface area (Å²) in [4.78, 5) is 19.9. The van der Waals surface area contributed by atoms with E-state index < -0.39 is 0 Å². The number of furan rings is 1. The molecule has 3 aromatic heterocycles. The van der Waals surface area contributed by atoms with Crippen molar-refractivity contribution in [1.82, 2.24) is 9.88 Å². The summed E-state index contributed by atoms with van der Waals surface area (Å²) in [6.07, 6.45) is 7.25. The number of thiophene rings is 1. The molecule has 1 amide bonds. The van der Waals surface area contributed by atoms with Crippen molar-refractivity contribution in [2.45, 2.75) is 25.8 Å². The Labute approximate surface area is 144 Å². The molecule has 1 N–H and O–H groups in total. The Kier molecular flexibility index (Phi) is 4.32. The maximum absolute atomic E-state index is 12.3. The first kappa shape index (κ1) is 15.4. The van der Waals surface area contributed by atoms with E-state index in [9.17, 15) is 4.79 Å². The van der Waals surface area contributed by atoms with Crippen LogP contribution in [0.25, 0.3) is 10.3 Å². The maximum Gasteiger partial charge on any atom is 0.265 e. The molecule has 24 heavy (non-hydrogen) atoms. The molecule has 0 spiro atoms. The fraction of sp³-hybridized carbons (Fsp3) is 0.333. The van der Waals surface area contributed by atoms with E-state index in [1.165, 1.54) is 30.6 Å². The van der Waals surface area contributed by atoms with Gasteiger partial charge in [-0.2, -0.15) is 0 Å². The monoisotopic (exact) mass is 341 g/mol. The van der Waals surface area contributed by atoms with Gasteiger partial charge in [-0.15, -0.1) is 11.3 Å². The fourth-order valence-corrected chi connectivity index (χ4v) is 3.89. The molecule has 1 aliphatic heterocycles. The quantitative estimate of drug-likeness (QED) is 0.775. The molecule has 0 saturated carbocycles. The number of anilines is 1. The summed E-state index contributed by atoms with van der Waals surface area (Å²) < 4.78 is 6.28. The van der Waals surface area contributed by atoms with Crippen LogP contribution in [0.1, 0.15) is 34.6 Å². The van der Waals surface area contributed by atoms with Crippen LogP contribution in [0, 0.1) is 0 Å². The molecule has 1 aliphatic rings. The van der Waals surface area contributed by atoms with E-state index in [-0.39, 0.29) is 5.91 Å². The number of carbonyl (C=O) groups is 1. The Hall–Kier alpha value is -2.18. The minimum Gasteiger partial charge on any atom is -0.463 e. The van der Waals surface area contributed by atoms with Crippen molar-refractivity contribution >= 4 is 33.2 Å². The SMILES string of the molecule is O=C(Nc1ccc(CN2CCCCC2)nc1)c1cc2occc2s1. The topological polar surface area (TPSA) is 58.4 Å². The molecule has 0 unspecified atom stereocenters. The Bertz CT molecular complexity index is 803. The summed E-state index contributed by atoms with van der Waals surface area (Å²) in [5.41, 5.74) is 2.51. The molecule has 0 aliphatic carbocycles. The van der Waals surface area contributed by atoms with E-state index in [1.807, 2.05) is 18.2 Å². The van der Waals surface area contributed by atoms with Crippen LogP contribution in [0.4, 0.5) is 5.69 Å². The summed E-state index contributed by atoms with van der Waals surface area (Å²) in [5, 5.41) is 2.89. The van der Waals surface area contributed by atoms with Crippen molar-refractivity contribution in [3.05, 3.63) is 47.3 Å². The normalized spacial score (nSPS) is 15.7. The number of piperidine rings is 1. The first-order valence-electron chi connectivity index (χ1n) is 8.23. The zero-order chi connectivity index (χ0) is 16.4. The molecule has 1 saturated heterocycles. The number of nitrogens with one attached hydrogen (secondary N) is 1. The maximum atomic E-state index is 12.3. The van der Waals surface area contributed by atoms with E-state index >= 15 is 0 Å². The first-order valence-corrected chi connectivity index (χ1v) is 9.05. The smallest absolute Gasteiger partial charge is 0.265 e. The third-order valence-electron chi connectivity index (χ3n) is 4.28. The van der Waals surface area contributed by atoms with Gasteiger partial charge in [0.1, 0.15) is 5.58 Å². The van der Waals surface area contributed by atoms with Gasteiger partial charge in [0.2, 0.25) is 0 Å². The number of fused-ring (bicyclic) bond motifs is 1. The lowest BCUT2D eigenvalue weighted by Gasteiger charge is -2.25. The Morgan fingerprint density at radius 2 is 2.12 bits per heavy atom. The van der Waals surface area contributed by atoms with Gasteiger partial charge in [0.15, 0.2) is 0 Å². The number of amides is 1. The van der Waals surface area contributed by atoms with Gasteiger partial charge in [-0.1, -0.05) is 6.42 Å². The van der Waals surface area contributed by atoms with Gasteiger partial charge in [0.25, 0.3) is 5.91 Å². The van der Waals surface area contributed by atoms with Crippen molar-refractivity contribution in [3.8, 4) is 0 Å². The van der Waals surface area contributed by atoms with Crippen LogP contribution < -0.4 is 5.32 Å². The summed E-state index contributed by atoms with van der Waals surface area (Å²) in [5.74, 6) is -0.128. The van der Waals surface area contributed by atoms with Crippen molar-refractivity contribution < 1.29 is 9.21 Å². The fourth-order valence-electron chi connectivity index (χ4n) is 3.01. The highest BCUT2D eigenvalue weighted by Gasteiger charge is 2.13. The van der Waals surface area contributed by atoms with E-state index in [0.29, 0.717) is 10.6 Å². The average molecular weight is 341 g/mol. The Balaban J connectivity index is 1.39. The van der Waals surface area contributed by atoms with Crippen LogP contribution in [0.15, 0.2) is 41.1 Å². The predicted molar refractivity (Wildman–Crippen MR) is 95.4 cm³/mol. The molecule has 4 heterocycles. The number of pyridine rings is 1. The van der Waals surface area contributed by atoms with Gasteiger partial charge in [0, 0.05) is 12.6 Å². The van der Waals surface area contributed by atoms with Gasteiger partial charge in [0.05, 0.1) is 33.4 Å². The van der Waals surface area contributed by atoms with Crippen molar-refractivity contribution in [1.29, 1.82) is 0 Å². The number of nitrogens with zero attached hydrogens (tertiary/aromatic N) is 2. The highest BCUT2D eigenvalue weighted by Crippen LogP contribution is 2.27. The van der Waals surface area contributed by atoms with Crippen LogP contribution >= 0.6 is 11.3 Å². The van der Waals surface area contributed by atoms with Crippen LogP contribution in [0.2, 0.25) is 0 Å². The molecule has 0 radical (unpaired) electrons. The molecule has 0 aromatic carbocycles. The summed E-state index contributed by atoms with van der Waals surface area (Å²) in [6, 6.07) is 7.55. The summed E-state index contributed by atoms with van der Waals surface area (Å²) in [6.45, 7) is 3.19. The second-order valence-electron chi connectivity index (χ2n) is 6.09. The van der Waals surface area contributed by atoms with Crippen LogP contribution in [-0.4, -0.2) is 28.9 Å². The summed E-state index contributed by atoms with van der Waals surface area (Å²) >= 11 is 1.42. The molecular weight excluding hydrogens is 322 g/mol. The number of rotatable bonds is 4. The molecule has 6 heteroatoms. The standard InChI is InChI=1S/C18H19N3O2S/c22-18(17-10-15-16(24-17)6-9-23-15)20-13-4-5-14(19-11-13)12-21-7-2-1-3-8-21/h4-6,9-11H,1-3,7-8,12H2,(H,20,22). The first-order chi connectivity index (χ1) is 11.8.